The van der Waals surface area contributed by atoms with Crippen LogP contribution in [0, 0.1) is 0 Å². The molecular weight excluding hydrogens is 374 g/mol. The summed E-state index contributed by atoms with van der Waals surface area (Å²) in [6, 6.07) is 16.8. The van der Waals surface area contributed by atoms with Gasteiger partial charge in [0.15, 0.2) is 11.5 Å². The van der Waals surface area contributed by atoms with E-state index in [0.717, 1.165) is 60.3 Å². The van der Waals surface area contributed by atoms with Crippen LogP contribution >= 0.6 is 0 Å². The van der Waals surface area contributed by atoms with E-state index in [1.54, 1.807) is 6.20 Å². The molecule has 3 heterocycles. The van der Waals surface area contributed by atoms with Gasteiger partial charge in [-0.1, -0.05) is 12.1 Å². The first-order chi connectivity index (χ1) is 14.8. The van der Waals surface area contributed by atoms with E-state index >= 15 is 0 Å². The van der Waals surface area contributed by atoms with Gasteiger partial charge >= 0.3 is 0 Å². The summed E-state index contributed by atoms with van der Waals surface area (Å²) in [5, 5.41) is 10.0. The van der Waals surface area contributed by atoms with Gasteiger partial charge in [-0.3, -0.25) is 0 Å². The van der Waals surface area contributed by atoms with Crippen molar-refractivity contribution in [1.29, 1.82) is 0 Å². The van der Waals surface area contributed by atoms with Crippen LogP contribution in [-0.2, 0) is 0 Å². The Morgan fingerprint density at radius 2 is 1.83 bits per heavy atom. The number of imidazole rings is 1. The van der Waals surface area contributed by atoms with E-state index in [2.05, 4.69) is 62.2 Å². The molecule has 0 amide bonds. The molecule has 30 heavy (non-hydrogen) atoms. The first-order valence-corrected chi connectivity index (χ1v) is 10.2. The Hall–Kier alpha value is -3.58. The predicted molar refractivity (Wildman–Crippen MR) is 123 cm³/mol. The van der Waals surface area contributed by atoms with Gasteiger partial charge in [0.25, 0.3) is 0 Å². The Balaban J connectivity index is 1.45. The number of hydrogen-bond donors (Lipinski definition) is 3. The van der Waals surface area contributed by atoms with E-state index in [9.17, 15) is 0 Å². The fourth-order valence-electron chi connectivity index (χ4n) is 3.80. The smallest absolute Gasteiger partial charge is 0.180 e. The minimum absolute atomic E-state index is 0.738. The van der Waals surface area contributed by atoms with Crippen molar-refractivity contribution in [3.05, 3.63) is 67.1 Å². The third-order valence-electron chi connectivity index (χ3n) is 5.43. The molecule has 0 radical (unpaired) electrons. The van der Waals surface area contributed by atoms with E-state index in [4.69, 9.17) is 4.98 Å². The van der Waals surface area contributed by atoms with Crippen LogP contribution in [0.25, 0.3) is 16.9 Å². The number of nitrogens with one attached hydrogen (secondary N) is 3. The van der Waals surface area contributed by atoms with Crippen LogP contribution in [0.5, 0.6) is 0 Å². The molecule has 1 aliphatic rings. The van der Waals surface area contributed by atoms with E-state index in [0.29, 0.717) is 0 Å². The van der Waals surface area contributed by atoms with Crippen molar-refractivity contribution < 1.29 is 0 Å². The van der Waals surface area contributed by atoms with Crippen molar-refractivity contribution in [2.45, 2.75) is 0 Å². The van der Waals surface area contributed by atoms with E-state index in [1.807, 2.05) is 36.0 Å². The molecule has 152 valence electrons. The van der Waals surface area contributed by atoms with Gasteiger partial charge in [0.1, 0.15) is 0 Å². The molecule has 7 nitrogen and oxygen atoms in total. The molecule has 0 unspecified atom stereocenters. The van der Waals surface area contributed by atoms with Gasteiger partial charge < -0.3 is 25.3 Å². The fraction of sp³-hybridized carbons (Fsp3) is 0.217. The number of fused-ring (bicyclic) bond motifs is 1. The van der Waals surface area contributed by atoms with Crippen molar-refractivity contribution in [3.8, 4) is 11.3 Å². The molecule has 0 spiro atoms. The molecule has 7 heteroatoms. The zero-order valence-electron chi connectivity index (χ0n) is 17.0. The van der Waals surface area contributed by atoms with Crippen LogP contribution in [-0.4, -0.2) is 47.6 Å². The lowest BCUT2D eigenvalue weighted by molar-refractivity contribution is 0.589. The normalized spacial score (nSPS) is 14.1. The average molecular weight is 400 g/mol. The lowest BCUT2D eigenvalue weighted by Gasteiger charge is -2.29. The quantitative estimate of drug-likeness (QED) is 0.477. The lowest BCUT2D eigenvalue weighted by atomic mass is 10.1. The molecule has 0 aliphatic carbocycles. The van der Waals surface area contributed by atoms with Crippen LogP contribution in [0.3, 0.4) is 0 Å². The summed E-state index contributed by atoms with van der Waals surface area (Å²) in [6.45, 7) is 4.14. The van der Waals surface area contributed by atoms with Crippen molar-refractivity contribution >= 4 is 28.5 Å². The molecule has 5 rings (SSSR count). The van der Waals surface area contributed by atoms with E-state index in [1.165, 1.54) is 5.69 Å². The van der Waals surface area contributed by atoms with Gasteiger partial charge in [-0.05, 0) is 36.4 Å². The maximum atomic E-state index is 4.89. The summed E-state index contributed by atoms with van der Waals surface area (Å²) in [6.07, 6.45) is 5.75. The van der Waals surface area contributed by atoms with E-state index in [-0.39, 0.29) is 0 Å². The molecule has 0 saturated carbocycles. The molecular formula is C23H25N7. The monoisotopic (exact) mass is 399 g/mol. The van der Waals surface area contributed by atoms with Crippen molar-refractivity contribution in [2.75, 3.05) is 48.8 Å². The molecule has 0 atom stereocenters. The summed E-state index contributed by atoms with van der Waals surface area (Å²) in [7, 11) is 1.92. The summed E-state index contributed by atoms with van der Waals surface area (Å²) in [4.78, 5) is 11.8. The standard InChI is InChI=1S/C23H25N7/c1-24-19-4-2-3-17(15-19)21-16-30-14-11-26-23(30)22(28-21)27-18-5-7-20(8-6-18)29-12-9-25-10-13-29/h2-8,11,14-16,24-25H,9-10,12-13H2,1H3,(H,27,28). The zero-order valence-corrected chi connectivity index (χ0v) is 17.0. The number of rotatable bonds is 5. The first kappa shape index (κ1) is 18.4. The topological polar surface area (TPSA) is 69.5 Å². The lowest BCUT2D eigenvalue weighted by Crippen LogP contribution is -2.43. The van der Waals surface area contributed by atoms with Gasteiger partial charge in [-0.15, -0.1) is 0 Å². The second-order valence-corrected chi connectivity index (χ2v) is 7.37. The van der Waals surface area contributed by atoms with Crippen LogP contribution in [0.15, 0.2) is 67.1 Å². The van der Waals surface area contributed by atoms with Gasteiger partial charge in [-0.25, -0.2) is 9.97 Å². The second kappa shape index (κ2) is 8.04. The predicted octanol–water partition coefficient (Wildman–Crippen LogP) is 3.59. The molecule has 1 aliphatic heterocycles. The SMILES string of the molecule is CNc1cccc(-c2cn3ccnc3c(Nc3ccc(N4CCNCC4)cc3)n2)c1. The van der Waals surface area contributed by atoms with Crippen molar-refractivity contribution in [1.82, 2.24) is 19.7 Å². The number of anilines is 4. The number of nitrogens with zero attached hydrogens (tertiary/aromatic N) is 4. The summed E-state index contributed by atoms with van der Waals surface area (Å²) < 4.78 is 2.01. The van der Waals surface area contributed by atoms with Gasteiger partial charge in [0, 0.05) is 74.4 Å². The second-order valence-electron chi connectivity index (χ2n) is 7.37. The summed E-state index contributed by atoms with van der Waals surface area (Å²) >= 11 is 0. The Bertz CT molecular complexity index is 1140. The van der Waals surface area contributed by atoms with Crippen LogP contribution < -0.4 is 20.9 Å². The fourth-order valence-corrected chi connectivity index (χ4v) is 3.80. The number of benzene rings is 2. The number of aromatic nitrogens is 3. The summed E-state index contributed by atoms with van der Waals surface area (Å²) in [5.41, 5.74) is 6.03. The zero-order chi connectivity index (χ0) is 20.3. The minimum atomic E-state index is 0.738. The van der Waals surface area contributed by atoms with Crippen molar-refractivity contribution in [3.63, 3.8) is 0 Å². The number of piperazine rings is 1. The molecule has 2 aromatic heterocycles. The van der Waals surface area contributed by atoms with Crippen LogP contribution in [0.4, 0.5) is 22.9 Å². The molecule has 2 aromatic carbocycles. The molecule has 1 fully saturated rings. The Labute approximate surface area is 175 Å². The third-order valence-corrected chi connectivity index (χ3v) is 5.43. The van der Waals surface area contributed by atoms with Crippen LogP contribution in [0.2, 0.25) is 0 Å². The molecule has 1 saturated heterocycles. The highest BCUT2D eigenvalue weighted by molar-refractivity contribution is 5.75. The highest BCUT2D eigenvalue weighted by atomic mass is 15.2. The van der Waals surface area contributed by atoms with Gasteiger partial charge in [0.2, 0.25) is 0 Å². The Kier molecular flexibility index (Phi) is 4.94. The van der Waals surface area contributed by atoms with Crippen LogP contribution in [0.1, 0.15) is 0 Å². The van der Waals surface area contributed by atoms with E-state index < -0.39 is 0 Å². The Morgan fingerprint density at radius 3 is 2.63 bits per heavy atom. The Morgan fingerprint density at radius 1 is 1.00 bits per heavy atom. The average Bonchev–Trinajstić information content (AvgIpc) is 3.29. The van der Waals surface area contributed by atoms with Gasteiger partial charge in [-0.2, -0.15) is 0 Å². The maximum Gasteiger partial charge on any atom is 0.180 e. The highest BCUT2D eigenvalue weighted by Crippen LogP contribution is 2.27. The summed E-state index contributed by atoms with van der Waals surface area (Å²) in [5.74, 6) is 0.738. The number of hydrogen-bond acceptors (Lipinski definition) is 6. The van der Waals surface area contributed by atoms with Crippen molar-refractivity contribution in [2.24, 2.45) is 0 Å². The van der Waals surface area contributed by atoms with Gasteiger partial charge in [0.05, 0.1) is 5.69 Å². The maximum absolute atomic E-state index is 4.89. The third kappa shape index (κ3) is 3.67. The molecule has 3 N–H and O–H groups in total. The highest BCUT2D eigenvalue weighted by Gasteiger charge is 2.12. The minimum Gasteiger partial charge on any atom is -0.388 e. The molecule has 4 aromatic rings. The largest absolute Gasteiger partial charge is 0.388 e. The molecule has 0 bridgehead atoms. The first-order valence-electron chi connectivity index (χ1n) is 10.2.